The molecule has 0 aliphatic carbocycles. The van der Waals surface area contributed by atoms with Crippen LogP contribution in [0.25, 0.3) is 0 Å². The van der Waals surface area contributed by atoms with Crippen LogP contribution in [0.15, 0.2) is 11.4 Å². The van der Waals surface area contributed by atoms with Crippen LogP contribution in [-0.4, -0.2) is 35.0 Å². The summed E-state index contributed by atoms with van der Waals surface area (Å²) in [5.41, 5.74) is 7.92. The fraction of sp³-hybridized carbons (Fsp3) is 0.692. The lowest BCUT2D eigenvalue weighted by atomic mass is 9.90. The smallest absolute Gasteiger partial charge is 0.0435 e. The van der Waals surface area contributed by atoms with E-state index in [9.17, 15) is 0 Å². The lowest BCUT2D eigenvalue weighted by Gasteiger charge is -2.46. The maximum absolute atomic E-state index is 6.10. The summed E-state index contributed by atoms with van der Waals surface area (Å²) in [6.07, 6.45) is 2.47. The van der Waals surface area contributed by atoms with Gasteiger partial charge in [0.2, 0.25) is 0 Å². The normalized spacial score (nSPS) is 33.9. The van der Waals surface area contributed by atoms with Gasteiger partial charge in [0, 0.05) is 35.3 Å². The summed E-state index contributed by atoms with van der Waals surface area (Å²) in [4.78, 5) is 4.27. The molecule has 94 valence electrons. The summed E-state index contributed by atoms with van der Waals surface area (Å²) < 4.78 is 0. The Balaban J connectivity index is 1.90. The van der Waals surface area contributed by atoms with E-state index in [0.29, 0.717) is 6.04 Å². The molecule has 2 aliphatic rings. The van der Waals surface area contributed by atoms with E-state index in [1.165, 1.54) is 30.9 Å². The zero-order valence-corrected chi connectivity index (χ0v) is 11.9. The number of nitrogens with two attached hydrogens (primary N) is 1. The molecule has 0 aromatic carbocycles. The van der Waals surface area contributed by atoms with Gasteiger partial charge in [0.1, 0.15) is 0 Å². The first-order valence-electron chi connectivity index (χ1n) is 6.38. The van der Waals surface area contributed by atoms with Gasteiger partial charge in [0.15, 0.2) is 0 Å². The standard InChI is InChI=1S/C13H20N2S2/c1-10-11-3-6-17-12(11)2-5-15(10)13(8-14)4-7-16-9-13/h3,6,10H,2,4-5,7-9,14H2,1H3. The third-order valence-electron chi connectivity index (χ3n) is 4.35. The van der Waals surface area contributed by atoms with E-state index >= 15 is 0 Å². The van der Waals surface area contributed by atoms with E-state index in [4.69, 9.17) is 5.73 Å². The van der Waals surface area contributed by atoms with E-state index in [-0.39, 0.29) is 5.54 Å². The Bertz CT molecular complexity index is 396. The highest BCUT2D eigenvalue weighted by molar-refractivity contribution is 7.99. The molecule has 1 aromatic heterocycles. The second kappa shape index (κ2) is 4.57. The lowest BCUT2D eigenvalue weighted by Crippen LogP contribution is -2.56. The minimum atomic E-state index is 0.268. The SMILES string of the molecule is CC1c2ccsc2CCN1C1(CN)CCSC1. The minimum Gasteiger partial charge on any atom is -0.329 e. The van der Waals surface area contributed by atoms with Crippen molar-refractivity contribution in [2.45, 2.75) is 31.3 Å². The van der Waals surface area contributed by atoms with Gasteiger partial charge in [0.25, 0.3) is 0 Å². The number of thiophene rings is 1. The van der Waals surface area contributed by atoms with E-state index in [2.05, 4.69) is 35.0 Å². The third-order valence-corrected chi connectivity index (χ3v) is 6.58. The molecule has 1 fully saturated rings. The number of thioether (sulfide) groups is 1. The Kier molecular flexibility index (Phi) is 3.24. The summed E-state index contributed by atoms with van der Waals surface area (Å²) in [5, 5.41) is 2.24. The average Bonchev–Trinajstić information content (AvgIpc) is 2.98. The molecule has 1 aromatic rings. The Hall–Kier alpha value is -0.0300. The van der Waals surface area contributed by atoms with Gasteiger partial charge in [-0.1, -0.05) is 0 Å². The van der Waals surface area contributed by atoms with Crippen molar-refractivity contribution in [3.8, 4) is 0 Å². The molecule has 3 rings (SSSR count). The third kappa shape index (κ3) is 1.86. The summed E-state index contributed by atoms with van der Waals surface area (Å²) in [6.45, 7) is 4.35. The molecular formula is C13H20N2S2. The van der Waals surface area contributed by atoms with Crippen LogP contribution in [0.1, 0.15) is 29.8 Å². The molecule has 2 unspecified atom stereocenters. The molecule has 0 radical (unpaired) electrons. The van der Waals surface area contributed by atoms with Gasteiger partial charge in [-0.05, 0) is 42.5 Å². The van der Waals surface area contributed by atoms with Crippen molar-refractivity contribution < 1.29 is 0 Å². The molecular weight excluding hydrogens is 248 g/mol. The largest absolute Gasteiger partial charge is 0.329 e. The Morgan fingerprint density at radius 1 is 1.59 bits per heavy atom. The highest BCUT2D eigenvalue weighted by Gasteiger charge is 2.43. The zero-order valence-electron chi connectivity index (χ0n) is 10.3. The monoisotopic (exact) mass is 268 g/mol. The van der Waals surface area contributed by atoms with Crippen LogP contribution in [0.4, 0.5) is 0 Å². The molecule has 0 bridgehead atoms. The van der Waals surface area contributed by atoms with Crippen LogP contribution >= 0.6 is 23.1 Å². The van der Waals surface area contributed by atoms with Gasteiger partial charge >= 0.3 is 0 Å². The summed E-state index contributed by atoms with van der Waals surface area (Å²) in [6, 6.07) is 2.86. The van der Waals surface area contributed by atoms with Crippen LogP contribution < -0.4 is 5.73 Å². The van der Waals surface area contributed by atoms with Crippen molar-refractivity contribution in [1.29, 1.82) is 0 Å². The zero-order chi connectivity index (χ0) is 11.9. The first kappa shape index (κ1) is 12.0. The van der Waals surface area contributed by atoms with Crippen molar-refractivity contribution in [3.63, 3.8) is 0 Å². The van der Waals surface area contributed by atoms with Gasteiger partial charge in [-0.25, -0.2) is 0 Å². The van der Waals surface area contributed by atoms with Gasteiger partial charge in [-0.15, -0.1) is 11.3 Å². The van der Waals surface area contributed by atoms with Gasteiger partial charge in [-0.3, -0.25) is 4.90 Å². The molecule has 2 atom stereocenters. The quantitative estimate of drug-likeness (QED) is 0.893. The molecule has 4 heteroatoms. The van der Waals surface area contributed by atoms with Crippen molar-refractivity contribution >= 4 is 23.1 Å². The topological polar surface area (TPSA) is 29.3 Å². The summed E-state index contributed by atoms with van der Waals surface area (Å²) in [5.74, 6) is 2.49. The van der Waals surface area contributed by atoms with E-state index in [1.807, 2.05) is 11.3 Å². The second-order valence-corrected chi connectivity index (χ2v) is 7.26. The highest BCUT2D eigenvalue weighted by atomic mass is 32.2. The maximum atomic E-state index is 6.10. The fourth-order valence-electron chi connectivity index (χ4n) is 3.26. The van der Waals surface area contributed by atoms with Gasteiger partial charge in [0.05, 0.1) is 0 Å². The van der Waals surface area contributed by atoms with Crippen molar-refractivity contribution in [3.05, 3.63) is 21.9 Å². The molecule has 2 nitrogen and oxygen atoms in total. The first-order valence-corrected chi connectivity index (χ1v) is 8.41. The molecule has 17 heavy (non-hydrogen) atoms. The highest BCUT2D eigenvalue weighted by Crippen LogP contribution is 2.42. The number of nitrogens with zero attached hydrogens (tertiary/aromatic N) is 1. The number of fused-ring (bicyclic) bond motifs is 1. The van der Waals surface area contributed by atoms with E-state index < -0.39 is 0 Å². The predicted molar refractivity (Wildman–Crippen MR) is 76.9 cm³/mol. The van der Waals surface area contributed by atoms with Crippen molar-refractivity contribution in [2.24, 2.45) is 5.73 Å². The molecule has 0 amide bonds. The maximum Gasteiger partial charge on any atom is 0.0435 e. The minimum absolute atomic E-state index is 0.268. The molecule has 2 N–H and O–H groups in total. The predicted octanol–water partition coefficient (Wildman–Crippen LogP) is 2.50. The molecule has 2 aliphatic heterocycles. The van der Waals surface area contributed by atoms with Crippen LogP contribution in [0.3, 0.4) is 0 Å². The van der Waals surface area contributed by atoms with Crippen LogP contribution in [-0.2, 0) is 6.42 Å². The van der Waals surface area contributed by atoms with E-state index in [1.54, 1.807) is 10.4 Å². The molecule has 3 heterocycles. The van der Waals surface area contributed by atoms with Gasteiger partial charge in [-0.2, -0.15) is 11.8 Å². The summed E-state index contributed by atoms with van der Waals surface area (Å²) in [7, 11) is 0. The first-order chi connectivity index (χ1) is 8.27. The second-order valence-electron chi connectivity index (χ2n) is 5.15. The van der Waals surface area contributed by atoms with Crippen LogP contribution in [0, 0.1) is 0 Å². The fourth-order valence-corrected chi connectivity index (χ4v) is 5.70. The Morgan fingerprint density at radius 3 is 3.18 bits per heavy atom. The van der Waals surface area contributed by atoms with E-state index in [0.717, 1.165) is 6.54 Å². The van der Waals surface area contributed by atoms with Crippen molar-refractivity contribution in [1.82, 2.24) is 4.90 Å². The number of hydrogen-bond acceptors (Lipinski definition) is 4. The average molecular weight is 268 g/mol. The summed E-state index contributed by atoms with van der Waals surface area (Å²) >= 11 is 3.98. The lowest BCUT2D eigenvalue weighted by molar-refractivity contribution is 0.0669. The van der Waals surface area contributed by atoms with Crippen LogP contribution in [0.2, 0.25) is 0 Å². The Morgan fingerprint density at radius 2 is 2.47 bits per heavy atom. The number of hydrogen-bond donors (Lipinski definition) is 1. The molecule has 1 saturated heterocycles. The Labute approximate surface area is 112 Å². The van der Waals surface area contributed by atoms with Gasteiger partial charge < -0.3 is 5.73 Å². The number of rotatable bonds is 2. The van der Waals surface area contributed by atoms with Crippen LogP contribution in [0.5, 0.6) is 0 Å². The molecule has 0 saturated carbocycles. The molecule has 0 spiro atoms. The van der Waals surface area contributed by atoms with Crippen molar-refractivity contribution in [2.75, 3.05) is 24.6 Å².